The molecule has 1 aromatic heterocycles. The Kier molecular flexibility index (Phi) is 5.81. The van der Waals surface area contributed by atoms with Crippen molar-refractivity contribution in [3.63, 3.8) is 0 Å². The fraction of sp³-hybridized carbons (Fsp3) is 0.353. The van der Waals surface area contributed by atoms with E-state index < -0.39 is 0 Å². The van der Waals surface area contributed by atoms with Gasteiger partial charge in [0.1, 0.15) is 17.4 Å². The van der Waals surface area contributed by atoms with Crippen molar-refractivity contribution < 1.29 is 4.74 Å². The van der Waals surface area contributed by atoms with Crippen LogP contribution in [-0.4, -0.2) is 29.7 Å². The third-order valence-electron chi connectivity index (χ3n) is 3.23. The fourth-order valence-electron chi connectivity index (χ4n) is 1.99. The molecule has 5 nitrogen and oxygen atoms in total. The van der Waals surface area contributed by atoms with E-state index in [4.69, 9.17) is 16.3 Å². The van der Waals surface area contributed by atoms with Gasteiger partial charge in [-0.2, -0.15) is 9.64 Å². The van der Waals surface area contributed by atoms with Gasteiger partial charge in [-0.3, -0.25) is 0 Å². The standard InChI is InChI=1S/C17H19ClN4OS/c1-10(2)16-12(8-19)17(24-21-16)23-15-6-11(3)14(7-13(15)18)20-9-22(4)5/h6-7,9-10H,1-5H3. The summed E-state index contributed by atoms with van der Waals surface area (Å²) in [6.07, 6.45) is 1.71. The minimum atomic E-state index is 0.160. The molecule has 7 heteroatoms. The lowest BCUT2D eigenvalue weighted by molar-refractivity contribution is 0.494. The molecule has 0 spiro atoms. The molecule has 0 saturated heterocycles. The van der Waals surface area contributed by atoms with Crippen molar-refractivity contribution in [3.8, 4) is 16.9 Å². The van der Waals surface area contributed by atoms with Crippen LogP contribution < -0.4 is 4.74 Å². The molecule has 0 amide bonds. The third kappa shape index (κ3) is 4.05. The van der Waals surface area contributed by atoms with Crippen LogP contribution >= 0.6 is 23.1 Å². The van der Waals surface area contributed by atoms with E-state index in [1.807, 2.05) is 45.8 Å². The van der Waals surface area contributed by atoms with E-state index in [1.165, 1.54) is 11.5 Å². The molecule has 0 unspecified atom stereocenters. The average molecular weight is 363 g/mol. The van der Waals surface area contributed by atoms with Gasteiger partial charge < -0.3 is 9.64 Å². The Bertz CT molecular complexity index is 806. The molecular formula is C17H19ClN4OS. The molecule has 0 radical (unpaired) electrons. The Labute approximate surface area is 151 Å². The first kappa shape index (κ1) is 18.2. The summed E-state index contributed by atoms with van der Waals surface area (Å²) in [4.78, 5) is 6.22. The Balaban J connectivity index is 2.35. The number of aryl methyl sites for hydroxylation is 1. The maximum atomic E-state index is 9.38. The summed E-state index contributed by atoms with van der Waals surface area (Å²) in [6, 6.07) is 5.75. The highest BCUT2D eigenvalue weighted by Gasteiger charge is 2.19. The lowest BCUT2D eigenvalue weighted by Gasteiger charge is -2.10. The number of nitriles is 1. The van der Waals surface area contributed by atoms with E-state index in [2.05, 4.69) is 15.4 Å². The van der Waals surface area contributed by atoms with E-state index in [0.29, 0.717) is 21.4 Å². The summed E-state index contributed by atoms with van der Waals surface area (Å²) < 4.78 is 10.2. The second-order valence-corrected chi connectivity index (χ2v) is 7.02. The normalized spacial score (nSPS) is 11.1. The van der Waals surface area contributed by atoms with Crippen LogP contribution in [0.5, 0.6) is 10.8 Å². The molecule has 0 bridgehead atoms. The molecule has 0 aliphatic rings. The second kappa shape index (κ2) is 7.65. The number of aliphatic imine (C=N–C) groups is 1. The van der Waals surface area contributed by atoms with Crippen molar-refractivity contribution in [1.29, 1.82) is 5.26 Å². The van der Waals surface area contributed by atoms with E-state index in [-0.39, 0.29) is 5.92 Å². The van der Waals surface area contributed by atoms with Crippen LogP contribution in [0.15, 0.2) is 17.1 Å². The summed E-state index contributed by atoms with van der Waals surface area (Å²) in [5.74, 6) is 0.654. The highest BCUT2D eigenvalue weighted by molar-refractivity contribution is 7.08. The molecule has 126 valence electrons. The van der Waals surface area contributed by atoms with Crippen molar-refractivity contribution >= 4 is 35.2 Å². The van der Waals surface area contributed by atoms with Crippen molar-refractivity contribution in [2.45, 2.75) is 26.7 Å². The predicted octanol–water partition coefficient (Wildman–Crippen LogP) is 5.11. The molecule has 0 aliphatic carbocycles. The predicted molar refractivity (Wildman–Crippen MR) is 99.0 cm³/mol. The fourth-order valence-corrected chi connectivity index (χ4v) is 3.04. The van der Waals surface area contributed by atoms with Gasteiger partial charge in [0.05, 0.1) is 22.7 Å². The number of halogens is 1. The molecule has 1 heterocycles. The van der Waals surface area contributed by atoms with Gasteiger partial charge in [-0.15, -0.1) is 0 Å². The van der Waals surface area contributed by atoms with Crippen LogP contribution in [0, 0.1) is 18.3 Å². The van der Waals surface area contributed by atoms with Gasteiger partial charge >= 0.3 is 0 Å². The van der Waals surface area contributed by atoms with Crippen LogP contribution in [0.25, 0.3) is 0 Å². The van der Waals surface area contributed by atoms with Crippen LogP contribution in [0.1, 0.15) is 36.6 Å². The Hall–Kier alpha value is -2.10. The van der Waals surface area contributed by atoms with Crippen LogP contribution in [-0.2, 0) is 0 Å². The molecule has 0 N–H and O–H groups in total. The van der Waals surface area contributed by atoms with Crippen molar-refractivity contribution in [1.82, 2.24) is 9.27 Å². The van der Waals surface area contributed by atoms with Crippen LogP contribution in [0.3, 0.4) is 0 Å². The number of hydrogen-bond donors (Lipinski definition) is 0. The van der Waals surface area contributed by atoms with Gasteiger partial charge in [-0.25, -0.2) is 4.99 Å². The first-order valence-corrected chi connectivity index (χ1v) is 8.57. The molecule has 2 rings (SSSR count). The highest BCUT2D eigenvalue weighted by atomic mass is 35.5. The van der Waals surface area contributed by atoms with E-state index in [1.54, 1.807) is 12.4 Å². The second-order valence-electron chi connectivity index (χ2n) is 5.88. The first-order valence-electron chi connectivity index (χ1n) is 7.41. The van der Waals surface area contributed by atoms with Crippen molar-refractivity contribution in [2.24, 2.45) is 4.99 Å². The van der Waals surface area contributed by atoms with Gasteiger partial charge in [0.25, 0.3) is 0 Å². The molecule has 24 heavy (non-hydrogen) atoms. The quantitative estimate of drug-likeness (QED) is 0.547. The summed E-state index contributed by atoms with van der Waals surface area (Å²) >= 11 is 7.49. The maximum Gasteiger partial charge on any atom is 0.218 e. The van der Waals surface area contributed by atoms with Gasteiger partial charge in [0, 0.05) is 25.6 Å². The zero-order valence-corrected chi connectivity index (χ0v) is 15.9. The molecule has 1 aromatic carbocycles. The van der Waals surface area contributed by atoms with Gasteiger partial charge in [0.15, 0.2) is 0 Å². The largest absolute Gasteiger partial charge is 0.442 e. The number of benzene rings is 1. The summed E-state index contributed by atoms with van der Waals surface area (Å²) in [7, 11) is 3.80. The summed E-state index contributed by atoms with van der Waals surface area (Å²) in [5.41, 5.74) is 2.92. The van der Waals surface area contributed by atoms with Gasteiger partial charge in [-0.05, 0) is 30.5 Å². The highest BCUT2D eigenvalue weighted by Crippen LogP contribution is 2.39. The van der Waals surface area contributed by atoms with E-state index in [9.17, 15) is 5.26 Å². The smallest absolute Gasteiger partial charge is 0.218 e. The minimum Gasteiger partial charge on any atom is -0.442 e. The molecule has 0 atom stereocenters. The Morgan fingerprint density at radius 2 is 2.12 bits per heavy atom. The molecule has 2 aromatic rings. The zero-order chi connectivity index (χ0) is 17.9. The van der Waals surface area contributed by atoms with E-state index in [0.717, 1.165) is 16.9 Å². The first-order chi connectivity index (χ1) is 11.3. The number of nitrogens with zero attached hydrogens (tertiary/aromatic N) is 4. The molecule has 0 saturated carbocycles. The SMILES string of the molecule is Cc1cc(Oc2snc(C(C)C)c2C#N)c(Cl)cc1N=CN(C)C. The molecular weight excluding hydrogens is 344 g/mol. The number of ether oxygens (including phenoxy) is 1. The number of aromatic nitrogens is 1. The third-order valence-corrected chi connectivity index (χ3v) is 4.26. The Morgan fingerprint density at radius 1 is 1.42 bits per heavy atom. The molecule has 0 fully saturated rings. The van der Waals surface area contributed by atoms with Crippen LogP contribution in [0.4, 0.5) is 5.69 Å². The van der Waals surface area contributed by atoms with Gasteiger partial charge in [0.2, 0.25) is 5.06 Å². The lowest BCUT2D eigenvalue weighted by atomic mass is 10.1. The van der Waals surface area contributed by atoms with Crippen molar-refractivity contribution in [2.75, 3.05) is 14.1 Å². The van der Waals surface area contributed by atoms with E-state index >= 15 is 0 Å². The maximum absolute atomic E-state index is 9.38. The molecule has 0 aliphatic heterocycles. The minimum absolute atomic E-state index is 0.160. The average Bonchev–Trinajstić information content (AvgIpc) is 2.92. The number of rotatable bonds is 5. The number of hydrogen-bond acceptors (Lipinski definition) is 5. The van der Waals surface area contributed by atoms with Gasteiger partial charge in [-0.1, -0.05) is 25.4 Å². The topological polar surface area (TPSA) is 61.5 Å². The van der Waals surface area contributed by atoms with Crippen LogP contribution in [0.2, 0.25) is 5.02 Å². The Morgan fingerprint density at radius 3 is 2.71 bits per heavy atom. The summed E-state index contributed by atoms with van der Waals surface area (Å²) in [6.45, 7) is 5.92. The van der Waals surface area contributed by atoms with Crippen molar-refractivity contribution in [3.05, 3.63) is 34.0 Å². The lowest BCUT2D eigenvalue weighted by Crippen LogP contribution is -2.07. The zero-order valence-electron chi connectivity index (χ0n) is 14.3. The summed E-state index contributed by atoms with van der Waals surface area (Å²) in [5, 5.41) is 10.3. The monoisotopic (exact) mass is 362 g/mol.